The largest absolute Gasteiger partial charge is 0.496 e. The molecule has 2 rings (SSSR count). The number of carbonyl (C=O) groups excluding carboxylic acids is 1. The van der Waals surface area contributed by atoms with Crippen molar-refractivity contribution >= 4 is 18.7 Å². The van der Waals surface area contributed by atoms with E-state index in [4.69, 9.17) is 4.74 Å². The van der Waals surface area contributed by atoms with E-state index in [2.05, 4.69) is 4.98 Å². The molecule has 90 valence electrons. The highest BCUT2D eigenvalue weighted by Gasteiger charge is 2.04. The summed E-state index contributed by atoms with van der Waals surface area (Å²) in [5.41, 5.74) is 1.61. The number of ether oxygens (including phenoxy) is 1. The molecule has 0 saturated heterocycles. The van der Waals surface area contributed by atoms with Crippen molar-refractivity contribution in [1.82, 2.24) is 9.55 Å². The van der Waals surface area contributed by atoms with E-state index in [0.29, 0.717) is 12.1 Å². The number of nitrogens with zero attached hydrogens (tertiary/aromatic N) is 2. The number of methoxy groups -OCH3 is 1. The predicted octanol–water partition coefficient (Wildman–Crippen LogP) is 2.17. The second-order valence-electron chi connectivity index (χ2n) is 3.42. The van der Waals surface area contributed by atoms with E-state index in [1.807, 2.05) is 16.8 Å². The van der Waals surface area contributed by atoms with Crippen molar-refractivity contribution in [3.05, 3.63) is 48.0 Å². The summed E-state index contributed by atoms with van der Waals surface area (Å²) < 4.78 is 7.17. The van der Waals surface area contributed by atoms with Gasteiger partial charge in [-0.3, -0.25) is 4.79 Å². The first-order chi connectivity index (χ1) is 7.83. The molecule has 2 aromatic rings. The monoisotopic (exact) mass is 252 g/mol. The van der Waals surface area contributed by atoms with Gasteiger partial charge in [-0.1, -0.05) is 0 Å². The molecule has 0 amide bonds. The first kappa shape index (κ1) is 13.3. The lowest BCUT2D eigenvalue weighted by atomic mass is 10.1. The lowest BCUT2D eigenvalue weighted by molar-refractivity contribution is 0.112. The molecule has 0 aliphatic rings. The normalized spacial score (nSPS) is 9.47. The van der Waals surface area contributed by atoms with Crippen molar-refractivity contribution < 1.29 is 9.53 Å². The molecule has 5 heteroatoms. The van der Waals surface area contributed by atoms with Gasteiger partial charge in [0.15, 0.2) is 0 Å². The Labute approximate surface area is 106 Å². The molecule has 0 bridgehead atoms. The number of imidazole rings is 1. The quantitative estimate of drug-likeness (QED) is 0.784. The molecule has 1 aromatic carbocycles. The number of aldehydes is 1. The summed E-state index contributed by atoms with van der Waals surface area (Å²) >= 11 is 0. The molecule has 0 N–H and O–H groups in total. The Morgan fingerprint density at radius 2 is 2.29 bits per heavy atom. The van der Waals surface area contributed by atoms with E-state index in [-0.39, 0.29) is 12.4 Å². The Balaban J connectivity index is 0.00000144. The fourth-order valence-corrected chi connectivity index (χ4v) is 1.57. The van der Waals surface area contributed by atoms with Crippen molar-refractivity contribution in [2.45, 2.75) is 6.54 Å². The maximum atomic E-state index is 10.7. The van der Waals surface area contributed by atoms with Crippen LogP contribution in [0.4, 0.5) is 0 Å². The van der Waals surface area contributed by atoms with Gasteiger partial charge < -0.3 is 9.30 Å². The van der Waals surface area contributed by atoms with Crippen molar-refractivity contribution in [2.75, 3.05) is 7.11 Å². The van der Waals surface area contributed by atoms with Crippen LogP contribution in [0.1, 0.15) is 15.9 Å². The van der Waals surface area contributed by atoms with Gasteiger partial charge in [-0.15, -0.1) is 12.4 Å². The average Bonchev–Trinajstić information content (AvgIpc) is 2.82. The van der Waals surface area contributed by atoms with Crippen LogP contribution in [0.25, 0.3) is 0 Å². The van der Waals surface area contributed by atoms with E-state index in [9.17, 15) is 4.79 Å². The van der Waals surface area contributed by atoms with Gasteiger partial charge in [-0.2, -0.15) is 0 Å². The summed E-state index contributed by atoms with van der Waals surface area (Å²) in [7, 11) is 1.62. The van der Waals surface area contributed by atoms with Gasteiger partial charge >= 0.3 is 0 Å². The summed E-state index contributed by atoms with van der Waals surface area (Å²) in [5, 5.41) is 0. The number of rotatable bonds is 4. The third-order valence-corrected chi connectivity index (χ3v) is 2.35. The molecular weight excluding hydrogens is 240 g/mol. The predicted molar refractivity (Wildman–Crippen MR) is 67.0 cm³/mol. The van der Waals surface area contributed by atoms with Gasteiger partial charge in [0.2, 0.25) is 0 Å². The zero-order chi connectivity index (χ0) is 11.4. The number of halogens is 1. The average molecular weight is 253 g/mol. The number of hydrogen-bond donors (Lipinski definition) is 0. The Kier molecular flexibility index (Phi) is 4.72. The lowest BCUT2D eigenvalue weighted by Gasteiger charge is -2.09. The first-order valence-electron chi connectivity index (χ1n) is 4.91. The molecule has 0 aliphatic heterocycles. The van der Waals surface area contributed by atoms with Crippen LogP contribution >= 0.6 is 12.4 Å². The van der Waals surface area contributed by atoms with E-state index in [1.54, 1.807) is 31.8 Å². The third-order valence-electron chi connectivity index (χ3n) is 2.35. The molecule has 0 aliphatic carbocycles. The van der Waals surface area contributed by atoms with Crippen LogP contribution in [0, 0.1) is 0 Å². The van der Waals surface area contributed by atoms with E-state index in [0.717, 1.165) is 17.6 Å². The van der Waals surface area contributed by atoms with Crippen molar-refractivity contribution in [3.8, 4) is 5.75 Å². The molecule has 17 heavy (non-hydrogen) atoms. The van der Waals surface area contributed by atoms with Gasteiger partial charge in [0.25, 0.3) is 0 Å². The fourth-order valence-electron chi connectivity index (χ4n) is 1.57. The number of hydrogen-bond acceptors (Lipinski definition) is 3. The Morgan fingerprint density at radius 1 is 1.47 bits per heavy atom. The van der Waals surface area contributed by atoms with E-state index in [1.165, 1.54) is 0 Å². The van der Waals surface area contributed by atoms with Crippen molar-refractivity contribution in [3.63, 3.8) is 0 Å². The minimum Gasteiger partial charge on any atom is -0.496 e. The lowest BCUT2D eigenvalue weighted by Crippen LogP contribution is -2.00. The smallest absolute Gasteiger partial charge is 0.150 e. The summed E-state index contributed by atoms with van der Waals surface area (Å²) in [5.74, 6) is 0.777. The fraction of sp³-hybridized carbons (Fsp3) is 0.167. The van der Waals surface area contributed by atoms with E-state index >= 15 is 0 Å². The summed E-state index contributed by atoms with van der Waals surface area (Å²) in [4.78, 5) is 14.7. The maximum absolute atomic E-state index is 10.7. The van der Waals surface area contributed by atoms with Crippen LogP contribution in [-0.2, 0) is 6.54 Å². The van der Waals surface area contributed by atoms with Crippen molar-refractivity contribution in [2.24, 2.45) is 0 Å². The highest BCUT2D eigenvalue weighted by atomic mass is 35.5. The molecule has 4 nitrogen and oxygen atoms in total. The van der Waals surface area contributed by atoms with E-state index < -0.39 is 0 Å². The zero-order valence-corrected chi connectivity index (χ0v) is 10.2. The standard InChI is InChI=1S/C12H12N2O2.ClH/c1-16-12-3-2-10(8-15)6-11(12)7-14-5-4-13-9-14;/h2-6,8-9H,7H2,1H3;1H. The van der Waals surface area contributed by atoms with Crippen LogP contribution in [-0.4, -0.2) is 22.9 Å². The molecule has 0 radical (unpaired) electrons. The molecule has 0 atom stereocenters. The topological polar surface area (TPSA) is 44.1 Å². The second kappa shape index (κ2) is 6.06. The molecule has 0 unspecified atom stereocenters. The van der Waals surface area contributed by atoms with Gasteiger partial charge in [0.05, 0.1) is 20.0 Å². The molecule has 0 spiro atoms. The van der Waals surface area contributed by atoms with Gasteiger partial charge in [0.1, 0.15) is 12.0 Å². The highest BCUT2D eigenvalue weighted by molar-refractivity contribution is 5.85. The van der Waals surface area contributed by atoms with Gasteiger partial charge in [-0.25, -0.2) is 4.98 Å². The highest BCUT2D eigenvalue weighted by Crippen LogP contribution is 2.20. The molecular formula is C12H13ClN2O2. The Morgan fingerprint density at radius 3 is 2.88 bits per heavy atom. The minimum atomic E-state index is 0. The van der Waals surface area contributed by atoms with Crippen LogP contribution < -0.4 is 4.74 Å². The molecule has 1 aromatic heterocycles. The summed E-state index contributed by atoms with van der Waals surface area (Å²) in [6.07, 6.45) is 6.15. The van der Waals surface area contributed by atoms with Crippen LogP contribution in [0.5, 0.6) is 5.75 Å². The maximum Gasteiger partial charge on any atom is 0.150 e. The van der Waals surface area contributed by atoms with Crippen molar-refractivity contribution in [1.29, 1.82) is 0 Å². The summed E-state index contributed by atoms with van der Waals surface area (Å²) in [6.45, 7) is 0.644. The van der Waals surface area contributed by atoms with Crippen LogP contribution in [0.15, 0.2) is 36.9 Å². The number of aromatic nitrogens is 2. The summed E-state index contributed by atoms with van der Waals surface area (Å²) in [6, 6.07) is 5.37. The Bertz CT molecular complexity index is 483. The third kappa shape index (κ3) is 3.07. The first-order valence-corrected chi connectivity index (χ1v) is 4.91. The van der Waals surface area contributed by atoms with Crippen LogP contribution in [0.2, 0.25) is 0 Å². The Hall–Kier alpha value is -1.81. The van der Waals surface area contributed by atoms with Crippen LogP contribution in [0.3, 0.4) is 0 Å². The SMILES string of the molecule is COc1ccc(C=O)cc1Cn1ccnc1.Cl. The minimum absolute atomic E-state index is 0. The van der Waals surface area contributed by atoms with Gasteiger partial charge in [0, 0.05) is 23.5 Å². The molecule has 0 saturated carbocycles. The number of carbonyl (C=O) groups is 1. The number of benzene rings is 1. The second-order valence-corrected chi connectivity index (χ2v) is 3.42. The molecule has 0 fully saturated rings. The van der Waals surface area contributed by atoms with Gasteiger partial charge in [-0.05, 0) is 18.2 Å². The zero-order valence-electron chi connectivity index (χ0n) is 9.37. The molecule has 1 heterocycles.